The number of hydrogen-bond acceptors (Lipinski definition) is 6. The summed E-state index contributed by atoms with van der Waals surface area (Å²) >= 11 is 0. The van der Waals surface area contributed by atoms with Gasteiger partial charge in [0.1, 0.15) is 5.69 Å². The lowest BCUT2D eigenvalue weighted by atomic mass is 9.52. The SMILES string of the molecule is N#CCCOC12CC3C[C@H](C1)C(Nc1c(C(N)=O)cnc4c1N=CC4)[C@@H](C3)C2. The first-order valence-electron chi connectivity index (χ1n) is 10.2. The number of nitrogens with zero attached hydrogens (tertiary/aromatic N) is 3. The average Bonchev–Trinajstić information content (AvgIpc) is 3.13. The second-order valence-corrected chi connectivity index (χ2v) is 8.80. The summed E-state index contributed by atoms with van der Waals surface area (Å²) in [5.41, 5.74) is 8.41. The molecule has 1 aliphatic heterocycles. The zero-order valence-electron chi connectivity index (χ0n) is 15.9. The molecule has 4 aliphatic carbocycles. The van der Waals surface area contributed by atoms with Crippen molar-refractivity contribution in [1.29, 1.82) is 5.26 Å². The van der Waals surface area contributed by atoms with Gasteiger partial charge in [-0.2, -0.15) is 5.26 Å². The second-order valence-electron chi connectivity index (χ2n) is 8.80. The van der Waals surface area contributed by atoms with Crippen molar-refractivity contribution in [2.45, 2.75) is 56.6 Å². The summed E-state index contributed by atoms with van der Waals surface area (Å²) in [7, 11) is 0. The standard InChI is InChI=1S/C21H25N5O2/c22-3-1-5-28-21-8-12-6-13(9-21)17(14(7-12)10-21)26-18-15(20(23)27)11-25-16-2-4-24-19(16)18/h4,11-14,17H,1-2,5-10H2,(H2,23,27)(H,25,26)/t12?,13-,14+,17?,21?. The van der Waals surface area contributed by atoms with Crippen LogP contribution in [0.5, 0.6) is 0 Å². The molecule has 5 aliphatic rings. The topological polar surface area (TPSA) is 113 Å². The van der Waals surface area contributed by atoms with E-state index >= 15 is 0 Å². The van der Waals surface area contributed by atoms with Gasteiger partial charge in [-0.15, -0.1) is 0 Å². The Bertz CT molecular complexity index is 874. The minimum Gasteiger partial charge on any atom is -0.379 e. The molecule has 0 aromatic carbocycles. The van der Waals surface area contributed by atoms with E-state index in [1.807, 2.05) is 6.21 Å². The number of aliphatic imine (C=N–C) groups is 1. The number of ether oxygens (including phenoxy) is 1. The van der Waals surface area contributed by atoms with Crippen molar-refractivity contribution >= 4 is 23.5 Å². The number of nitriles is 1. The lowest BCUT2D eigenvalue weighted by Crippen LogP contribution is -2.60. The molecular formula is C21H25N5O2. The summed E-state index contributed by atoms with van der Waals surface area (Å²) < 4.78 is 6.26. The molecule has 4 bridgehead atoms. The number of nitrogens with two attached hydrogens (primary N) is 1. The predicted octanol–water partition coefficient (Wildman–Crippen LogP) is 2.73. The normalized spacial score (nSPS) is 34.2. The Kier molecular flexibility index (Phi) is 4.13. The van der Waals surface area contributed by atoms with Crippen molar-refractivity contribution in [3.05, 3.63) is 17.5 Å². The minimum absolute atomic E-state index is 0.0591. The molecule has 146 valence electrons. The Morgan fingerprint density at radius 3 is 2.86 bits per heavy atom. The van der Waals surface area contributed by atoms with Crippen LogP contribution in [0.15, 0.2) is 11.2 Å². The lowest BCUT2D eigenvalue weighted by molar-refractivity contribution is -0.165. The minimum atomic E-state index is -0.472. The smallest absolute Gasteiger partial charge is 0.252 e. The van der Waals surface area contributed by atoms with Gasteiger partial charge in [-0.25, -0.2) is 0 Å². The molecule has 1 aromatic rings. The quantitative estimate of drug-likeness (QED) is 0.738. The van der Waals surface area contributed by atoms with Crippen LogP contribution in [0.3, 0.4) is 0 Å². The summed E-state index contributed by atoms with van der Waals surface area (Å²) in [5, 5.41) is 12.5. The number of hydrogen-bond donors (Lipinski definition) is 2. The first kappa shape index (κ1) is 17.6. The van der Waals surface area contributed by atoms with Gasteiger partial charge in [0.25, 0.3) is 5.91 Å². The third-order valence-electron chi connectivity index (χ3n) is 7.05. The largest absolute Gasteiger partial charge is 0.379 e. The van der Waals surface area contributed by atoms with E-state index in [1.165, 1.54) is 12.8 Å². The van der Waals surface area contributed by atoms with E-state index in [2.05, 4.69) is 21.4 Å². The summed E-state index contributed by atoms with van der Waals surface area (Å²) in [4.78, 5) is 20.9. The highest BCUT2D eigenvalue weighted by molar-refractivity contribution is 6.02. The van der Waals surface area contributed by atoms with Crippen LogP contribution in [-0.2, 0) is 11.2 Å². The van der Waals surface area contributed by atoms with Crippen molar-refractivity contribution < 1.29 is 9.53 Å². The van der Waals surface area contributed by atoms with E-state index in [0.717, 1.165) is 36.3 Å². The Morgan fingerprint density at radius 2 is 2.14 bits per heavy atom. The first-order chi connectivity index (χ1) is 13.6. The number of primary amides is 1. The third-order valence-corrected chi connectivity index (χ3v) is 7.05. The number of nitrogens with one attached hydrogen (secondary N) is 1. The Labute approximate surface area is 164 Å². The number of anilines is 1. The third kappa shape index (κ3) is 2.78. The van der Waals surface area contributed by atoms with Gasteiger partial charge in [-0.3, -0.25) is 14.8 Å². The van der Waals surface area contributed by atoms with Crippen LogP contribution >= 0.6 is 0 Å². The number of amides is 1. The first-order valence-corrected chi connectivity index (χ1v) is 10.2. The molecule has 3 N–H and O–H groups in total. The zero-order valence-corrected chi connectivity index (χ0v) is 15.9. The number of aromatic nitrogens is 1. The molecule has 4 fully saturated rings. The van der Waals surface area contributed by atoms with Gasteiger partial charge in [0, 0.05) is 24.9 Å². The van der Waals surface area contributed by atoms with Crippen LogP contribution in [0, 0.1) is 29.1 Å². The lowest BCUT2D eigenvalue weighted by Gasteiger charge is -2.59. The van der Waals surface area contributed by atoms with E-state index in [9.17, 15) is 4.79 Å². The number of fused-ring (bicyclic) bond motifs is 1. The van der Waals surface area contributed by atoms with Gasteiger partial charge in [-0.1, -0.05) is 0 Å². The Balaban J connectivity index is 1.42. The van der Waals surface area contributed by atoms with Gasteiger partial charge >= 0.3 is 0 Å². The molecule has 4 saturated carbocycles. The highest BCUT2D eigenvalue weighted by atomic mass is 16.5. The predicted molar refractivity (Wildman–Crippen MR) is 104 cm³/mol. The number of rotatable bonds is 6. The van der Waals surface area contributed by atoms with Crippen LogP contribution in [0.1, 0.15) is 54.6 Å². The van der Waals surface area contributed by atoms with E-state index < -0.39 is 5.91 Å². The fourth-order valence-corrected chi connectivity index (χ4v) is 6.23. The second kappa shape index (κ2) is 6.56. The summed E-state index contributed by atoms with van der Waals surface area (Å²) in [5.74, 6) is 1.24. The van der Waals surface area contributed by atoms with Gasteiger partial charge in [0.05, 0.1) is 41.6 Å². The maximum absolute atomic E-state index is 12.0. The fourth-order valence-electron chi connectivity index (χ4n) is 6.23. The van der Waals surface area contributed by atoms with Crippen molar-refractivity contribution in [2.24, 2.45) is 28.5 Å². The number of carbonyl (C=O) groups is 1. The van der Waals surface area contributed by atoms with Gasteiger partial charge < -0.3 is 15.8 Å². The molecule has 1 amide bonds. The van der Waals surface area contributed by atoms with Crippen LogP contribution in [0.2, 0.25) is 0 Å². The molecule has 0 saturated heterocycles. The van der Waals surface area contributed by atoms with Gasteiger partial charge in [-0.05, 0) is 49.9 Å². The summed E-state index contributed by atoms with van der Waals surface area (Å²) in [6.45, 7) is 0.527. The monoisotopic (exact) mass is 379 g/mol. The van der Waals surface area contributed by atoms with Crippen molar-refractivity contribution in [3.63, 3.8) is 0 Å². The number of carbonyl (C=O) groups excluding carboxylic acids is 1. The molecule has 0 radical (unpaired) electrons. The molecule has 6 rings (SSSR count). The van der Waals surface area contributed by atoms with Crippen molar-refractivity contribution in [1.82, 2.24) is 4.98 Å². The Morgan fingerprint density at radius 1 is 1.36 bits per heavy atom. The molecule has 2 heterocycles. The van der Waals surface area contributed by atoms with Crippen LogP contribution in [0.25, 0.3) is 0 Å². The average molecular weight is 379 g/mol. The van der Waals surface area contributed by atoms with Crippen molar-refractivity contribution in [3.8, 4) is 6.07 Å². The maximum Gasteiger partial charge on any atom is 0.252 e. The van der Waals surface area contributed by atoms with Crippen LogP contribution < -0.4 is 11.1 Å². The Hall–Kier alpha value is -2.46. The van der Waals surface area contributed by atoms with Gasteiger partial charge in [0.2, 0.25) is 0 Å². The van der Waals surface area contributed by atoms with E-state index in [0.29, 0.717) is 48.8 Å². The van der Waals surface area contributed by atoms with Crippen molar-refractivity contribution in [2.75, 3.05) is 11.9 Å². The van der Waals surface area contributed by atoms with Crippen LogP contribution in [0.4, 0.5) is 11.4 Å². The molecule has 5 atom stereocenters. The molecule has 7 nitrogen and oxygen atoms in total. The van der Waals surface area contributed by atoms with Gasteiger partial charge in [0.15, 0.2) is 0 Å². The molecule has 3 unspecified atom stereocenters. The number of pyridine rings is 1. The van der Waals surface area contributed by atoms with E-state index in [4.69, 9.17) is 15.7 Å². The molecule has 28 heavy (non-hydrogen) atoms. The molecule has 0 spiro atoms. The summed E-state index contributed by atoms with van der Waals surface area (Å²) in [6, 6.07) is 2.48. The maximum atomic E-state index is 12.0. The molecule has 7 heteroatoms. The zero-order chi connectivity index (χ0) is 19.3. The molecule has 1 aromatic heterocycles. The van der Waals surface area contributed by atoms with E-state index in [1.54, 1.807) is 6.20 Å². The summed E-state index contributed by atoms with van der Waals surface area (Å²) in [6.07, 6.45) is 10.1. The fraction of sp³-hybridized carbons (Fsp3) is 0.619. The highest BCUT2D eigenvalue weighted by Crippen LogP contribution is 2.58. The highest BCUT2D eigenvalue weighted by Gasteiger charge is 2.56. The van der Waals surface area contributed by atoms with E-state index in [-0.39, 0.29) is 5.60 Å². The molecular weight excluding hydrogens is 354 g/mol. The van der Waals surface area contributed by atoms with Crippen LogP contribution in [-0.4, -0.2) is 35.4 Å².